The molecule has 0 aliphatic carbocycles. The first-order valence-electron chi connectivity index (χ1n) is 5.31. The molecular formula is C11H23ClN2O. The summed E-state index contributed by atoms with van der Waals surface area (Å²) in [6, 6.07) is 0. The molecule has 1 amide bonds. The molecule has 4 heteroatoms. The van der Waals surface area contributed by atoms with Crippen LogP contribution in [0.1, 0.15) is 20.3 Å². The lowest BCUT2D eigenvalue weighted by Gasteiger charge is -2.32. The molecule has 90 valence electrons. The number of amides is 1. The maximum Gasteiger partial charge on any atom is 0.243 e. The number of carbonyl (C=O) groups excluding carboxylic acids is 1. The van der Waals surface area contributed by atoms with Crippen molar-refractivity contribution >= 4 is 5.91 Å². The minimum absolute atomic E-state index is 0. The van der Waals surface area contributed by atoms with Crippen molar-refractivity contribution in [2.24, 2.45) is 0 Å². The fraction of sp³-hybridized carbons (Fsp3) is 0.727. The summed E-state index contributed by atoms with van der Waals surface area (Å²) in [7, 11) is 2.25. The number of hydrogen-bond acceptors (Lipinski definition) is 1. The van der Waals surface area contributed by atoms with Crippen molar-refractivity contribution in [2.75, 3.05) is 33.2 Å². The molecular weight excluding hydrogens is 212 g/mol. The van der Waals surface area contributed by atoms with Crippen LogP contribution in [0.15, 0.2) is 12.7 Å². The van der Waals surface area contributed by atoms with Crippen molar-refractivity contribution in [3.8, 4) is 0 Å². The molecule has 0 aliphatic rings. The third-order valence-corrected chi connectivity index (χ3v) is 2.89. The smallest absolute Gasteiger partial charge is 0.243 e. The second-order valence-corrected chi connectivity index (χ2v) is 3.82. The van der Waals surface area contributed by atoms with Gasteiger partial charge in [0.15, 0.2) is 0 Å². The average molecular weight is 235 g/mol. The fourth-order valence-electron chi connectivity index (χ4n) is 1.28. The first-order chi connectivity index (χ1) is 6.58. The lowest BCUT2D eigenvalue weighted by atomic mass is 10.3. The number of hydrogen-bond donors (Lipinski definition) is 1. The van der Waals surface area contributed by atoms with Gasteiger partial charge in [-0.2, -0.15) is 0 Å². The lowest BCUT2D eigenvalue weighted by molar-refractivity contribution is -0.906. The van der Waals surface area contributed by atoms with Crippen LogP contribution in [0.2, 0.25) is 0 Å². The number of halogens is 1. The Balaban J connectivity index is 0. The van der Waals surface area contributed by atoms with E-state index in [2.05, 4.69) is 32.8 Å². The highest BCUT2D eigenvalue weighted by atomic mass is 35.5. The van der Waals surface area contributed by atoms with E-state index >= 15 is 0 Å². The molecule has 0 saturated carbocycles. The number of rotatable bonds is 7. The van der Waals surface area contributed by atoms with E-state index in [9.17, 15) is 4.79 Å². The van der Waals surface area contributed by atoms with E-state index in [4.69, 9.17) is 0 Å². The maximum atomic E-state index is 10.8. The minimum atomic E-state index is -0.0767. The molecule has 0 radical (unpaired) electrons. The van der Waals surface area contributed by atoms with E-state index in [-0.39, 0.29) is 18.3 Å². The van der Waals surface area contributed by atoms with E-state index < -0.39 is 0 Å². The summed E-state index contributed by atoms with van der Waals surface area (Å²) in [5.41, 5.74) is 0. The highest BCUT2D eigenvalue weighted by molar-refractivity contribution is 5.86. The predicted molar refractivity (Wildman–Crippen MR) is 60.0 cm³/mol. The quantitative estimate of drug-likeness (QED) is 0.314. The van der Waals surface area contributed by atoms with Gasteiger partial charge in [-0.05, 0) is 19.9 Å². The number of quaternary nitrogens is 1. The zero-order valence-corrected chi connectivity index (χ0v) is 10.8. The summed E-state index contributed by atoms with van der Waals surface area (Å²) < 4.78 is 1.07. The number of nitrogens with zero attached hydrogens (tertiary/aromatic N) is 1. The molecule has 0 rings (SSSR count). The van der Waals surface area contributed by atoms with Crippen molar-refractivity contribution < 1.29 is 21.7 Å². The summed E-state index contributed by atoms with van der Waals surface area (Å²) in [6.07, 6.45) is 2.34. The summed E-state index contributed by atoms with van der Waals surface area (Å²) >= 11 is 0. The molecule has 0 unspecified atom stereocenters. The number of carbonyl (C=O) groups is 1. The average Bonchev–Trinajstić information content (AvgIpc) is 2.23. The van der Waals surface area contributed by atoms with Crippen LogP contribution in [0.4, 0.5) is 0 Å². The van der Waals surface area contributed by atoms with E-state index in [1.54, 1.807) is 0 Å². The molecule has 1 N–H and O–H groups in total. The normalized spacial score (nSPS) is 10.3. The highest BCUT2D eigenvalue weighted by Crippen LogP contribution is 2.01. The van der Waals surface area contributed by atoms with Gasteiger partial charge in [-0.3, -0.25) is 4.79 Å². The SMILES string of the molecule is C=CC(=O)NCCC[N+](C)(CC)CC.[Cl-]. The molecule has 0 spiro atoms. The molecule has 0 saturated heterocycles. The lowest BCUT2D eigenvalue weighted by Crippen LogP contribution is -3.00. The molecule has 0 aliphatic heterocycles. The van der Waals surface area contributed by atoms with Gasteiger partial charge < -0.3 is 22.2 Å². The molecule has 15 heavy (non-hydrogen) atoms. The van der Waals surface area contributed by atoms with Gasteiger partial charge in [-0.1, -0.05) is 6.58 Å². The van der Waals surface area contributed by atoms with E-state index in [0.29, 0.717) is 0 Å². The Morgan fingerprint density at radius 2 is 1.93 bits per heavy atom. The topological polar surface area (TPSA) is 29.1 Å². The van der Waals surface area contributed by atoms with Gasteiger partial charge in [0.1, 0.15) is 0 Å². The predicted octanol–water partition coefficient (Wildman–Crippen LogP) is -1.83. The third-order valence-electron chi connectivity index (χ3n) is 2.89. The molecule has 3 nitrogen and oxygen atoms in total. The highest BCUT2D eigenvalue weighted by Gasteiger charge is 2.14. The van der Waals surface area contributed by atoms with Crippen LogP contribution >= 0.6 is 0 Å². The molecule has 0 fully saturated rings. The van der Waals surface area contributed by atoms with Crippen LogP contribution in [0, 0.1) is 0 Å². The van der Waals surface area contributed by atoms with Crippen molar-refractivity contribution in [3.63, 3.8) is 0 Å². The van der Waals surface area contributed by atoms with Gasteiger partial charge in [-0.25, -0.2) is 0 Å². The van der Waals surface area contributed by atoms with Gasteiger partial charge in [0.05, 0.1) is 26.7 Å². The Morgan fingerprint density at radius 3 is 2.33 bits per heavy atom. The first kappa shape index (κ1) is 16.9. The van der Waals surface area contributed by atoms with Crippen LogP contribution in [0.3, 0.4) is 0 Å². The Morgan fingerprint density at radius 1 is 1.40 bits per heavy atom. The minimum Gasteiger partial charge on any atom is -1.00 e. The van der Waals surface area contributed by atoms with Crippen molar-refractivity contribution in [1.82, 2.24) is 5.32 Å². The maximum absolute atomic E-state index is 10.8. The molecule has 0 aromatic heterocycles. The van der Waals surface area contributed by atoms with Gasteiger partial charge in [0.2, 0.25) is 5.91 Å². The molecule has 0 heterocycles. The monoisotopic (exact) mass is 234 g/mol. The summed E-state index contributed by atoms with van der Waals surface area (Å²) in [6.45, 7) is 12.0. The van der Waals surface area contributed by atoms with Crippen LogP contribution in [-0.2, 0) is 4.79 Å². The summed E-state index contributed by atoms with van der Waals surface area (Å²) in [5, 5.41) is 2.79. The fourth-order valence-corrected chi connectivity index (χ4v) is 1.28. The molecule has 0 aromatic carbocycles. The van der Waals surface area contributed by atoms with Crippen LogP contribution < -0.4 is 17.7 Å². The molecule has 0 atom stereocenters. The van der Waals surface area contributed by atoms with Gasteiger partial charge >= 0.3 is 0 Å². The van der Waals surface area contributed by atoms with Crippen molar-refractivity contribution in [1.29, 1.82) is 0 Å². The Kier molecular flexibility index (Phi) is 9.84. The van der Waals surface area contributed by atoms with Gasteiger partial charge in [0.25, 0.3) is 0 Å². The molecule has 0 bridgehead atoms. The largest absolute Gasteiger partial charge is 1.00 e. The Labute approximate surface area is 99.5 Å². The van der Waals surface area contributed by atoms with E-state index in [1.165, 1.54) is 6.08 Å². The van der Waals surface area contributed by atoms with Gasteiger partial charge in [-0.15, -0.1) is 0 Å². The zero-order valence-electron chi connectivity index (χ0n) is 10.1. The second kappa shape index (κ2) is 8.74. The van der Waals surface area contributed by atoms with Crippen molar-refractivity contribution in [2.45, 2.75) is 20.3 Å². The summed E-state index contributed by atoms with van der Waals surface area (Å²) in [5.74, 6) is -0.0767. The standard InChI is InChI=1S/C11H22N2O.ClH/c1-5-11(14)12-9-8-10-13(4,6-2)7-3;/h5H,1,6-10H2,2-4H3;1H. The third kappa shape index (κ3) is 7.40. The Hall–Kier alpha value is -0.540. The van der Waals surface area contributed by atoms with Gasteiger partial charge in [0, 0.05) is 13.0 Å². The van der Waals surface area contributed by atoms with Crippen LogP contribution in [0.5, 0.6) is 0 Å². The van der Waals surface area contributed by atoms with Crippen LogP contribution in [0.25, 0.3) is 0 Å². The van der Waals surface area contributed by atoms with E-state index in [0.717, 1.165) is 37.1 Å². The Bertz CT molecular complexity index is 191. The van der Waals surface area contributed by atoms with Crippen molar-refractivity contribution in [3.05, 3.63) is 12.7 Å². The zero-order chi connectivity index (χ0) is 11.0. The number of nitrogens with one attached hydrogen (secondary N) is 1. The van der Waals surface area contributed by atoms with Crippen LogP contribution in [-0.4, -0.2) is 43.6 Å². The first-order valence-corrected chi connectivity index (χ1v) is 5.31. The molecule has 0 aromatic rings. The van der Waals surface area contributed by atoms with E-state index in [1.807, 2.05) is 0 Å². The summed E-state index contributed by atoms with van der Waals surface area (Å²) in [4.78, 5) is 10.8. The second-order valence-electron chi connectivity index (χ2n) is 3.82.